The molecule has 1 aliphatic carbocycles. The standard InChI is InChI=1S/C25H28N2O7/c28-22(29)10-12-32-14-11-26-24(30)23-21(9-13-33-23)27-25(31)34-15-20-18-7-3-1-5-16(18)17-6-2-4-8-19(17)20/h1-8,20-21,23H,9-15H2,(H,26,30)(H,27,31)(H,28,29)/t21-,23+/m0/s1. The number of hydrogen-bond donors (Lipinski definition) is 3. The fourth-order valence-electron chi connectivity index (χ4n) is 4.40. The van der Waals surface area contributed by atoms with Crippen LogP contribution in [-0.4, -0.2) is 68.2 Å². The van der Waals surface area contributed by atoms with Crippen molar-refractivity contribution >= 4 is 18.0 Å². The molecule has 0 unspecified atom stereocenters. The lowest BCUT2D eigenvalue weighted by Gasteiger charge is -2.20. The highest BCUT2D eigenvalue weighted by atomic mass is 16.6. The number of nitrogens with one attached hydrogen (secondary N) is 2. The third-order valence-electron chi connectivity index (χ3n) is 6.00. The number of fused-ring (bicyclic) bond motifs is 3. The summed E-state index contributed by atoms with van der Waals surface area (Å²) in [6, 6.07) is 15.7. The van der Waals surface area contributed by atoms with E-state index in [2.05, 4.69) is 34.9 Å². The monoisotopic (exact) mass is 468 g/mol. The van der Waals surface area contributed by atoms with Gasteiger partial charge in [-0.05, 0) is 28.7 Å². The average molecular weight is 469 g/mol. The largest absolute Gasteiger partial charge is 0.481 e. The van der Waals surface area contributed by atoms with Gasteiger partial charge in [0.1, 0.15) is 6.61 Å². The molecule has 0 radical (unpaired) electrons. The Morgan fingerprint density at radius 1 is 1.00 bits per heavy atom. The first-order chi connectivity index (χ1) is 16.5. The van der Waals surface area contributed by atoms with Gasteiger partial charge in [-0.1, -0.05) is 48.5 Å². The van der Waals surface area contributed by atoms with Crippen LogP contribution in [0.15, 0.2) is 48.5 Å². The molecule has 2 aromatic rings. The molecular formula is C25H28N2O7. The summed E-state index contributed by atoms with van der Waals surface area (Å²) < 4.78 is 16.2. The van der Waals surface area contributed by atoms with Crippen LogP contribution in [-0.2, 0) is 23.8 Å². The number of aliphatic carboxylic acids is 1. The van der Waals surface area contributed by atoms with Crippen LogP contribution in [0.4, 0.5) is 4.79 Å². The number of carboxylic acid groups (broad SMARTS) is 1. The van der Waals surface area contributed by atoms with Gasteiger partial charge >= 0.3 is 12.1 Å². The lowest BCUT2D eigenvalue weighted by molar-refractivity contribution is -0.138. The van der Waals surface area contributed by atoms with Gasteiger partial charge in [0.15, 0.2) is 6.10 Å². The average Bonchev–Trinajstić information content (AvgIpc) is 3.42. The normalized spacial score (nSPS) is 18.7. The molecule has 1 fully saturated rings. The fraction of sp³-hybridized carbons (Fsp3) is 0.400. The third-order valence-corrected chi connectivity index (χ3v) is 6.00. The van der Waals surface area contributed by atoms with Gasteiger partial charge in [-0.15, -0.1) is 0 Å². The van der Waals surface area contributed by atoms with Gasteiger partial charge in [-0.2, -0.15) is 0 Å². The SMILES string of the molecule is O=C(O)CCOCCNC(=O)[C@@H]1OCC[C@@H]1NC(=O)OCC1c2ccccc2-c2ccccc21. The van der Waals surface area contributed by atoms with Gasteiger partial charge in [0.2, 0.25) is 0 Å². The molecule has 2 aliphatic rings. The second-order valence-electron chi connectivity index (χ2n) is 8.20. The number of carbonyl (C=O) groups is 3. The van der Waals surface area contributed by atoms with Crippen molar-refractivity contribution in [1.82, 2.24) is 10.6 Å². The predicted molar refractivity (Wildman–Crippen MR) is 122 cm³/mol. The van der Waals surface area contributed by atoms with Crippen LogP contribution in [0, 0.1) is 0 Å². The van der Waals surface area contributed by atoms with E-state index in [4.69, 9.17) is 19.3 Å². The molecule has 1 saturated heterocycles. The predicted octanol–water partition coefficient (Wildman–Crippen LogP) is 2.29. The van der Waals surface area contributed by atoms with Crippen LogP contribution in [0.2, 0.25) is 0 Å². The molecule has 2 amide bonds. The van der Waals surface area contributed by atoms with E-state index in [-0.39, 0.29) is 44.6 Å². The number of ether oxygens (including phenoxy) is 3. The molecule has 180 valence electrons. The first-order valence-corrected chi connectivity index (χ1v) is 11.3. The van der Waals surface area contributed by atoms with E-state index in [0.717, 1.165) is 22.3 Å². The molecule has 0 saturated carbocycles. The van der Waals surface area contributed by atoms with E-state index in [1.165, 1.54) is 0 Å². The summed E-state index contributed by atoms with van der Waals surface area (Å²) in [6.45, 7) is 1.03. The van der Waals surface area contributed by atoms with E-state index < -0.39 is 24.2 Å². The van der Waals surface area contributed by atoms with Gasteiger partial charge in [0.25, 0.3) is 5.91 Å². The van der Waals surface area contributed by atoms with Gasteiger partial charge in [-0.25, -0.2) is 4.79 Å². The molecule has 2 atom stereocenters. The maximum Gasteiger partial charge on any atom is 0.407 e. The zero-order valence-corrected chi connectivity index (χ0v) is 18.7. The van der Waals surface area contributed by atoms with Gasteiger partial charge < -0.3 is 30.0 Å². The number of carbonyl (C=O) groups excluding carboxylic acids is 2. The number of hydrogen-bond acceptors (Lipinski definition) is 6. The molecule has 1 heterocycles. The second-order valence-corrected chi connectivity index (χ2v) is 8.20. The van der Waals surface area contributed by atoms with E-state index in [1.54, 1.807) is 0 Å². The molecule has 1 aliphatic heterocycles. The van der Waals surface area contributed by atoms with Crippen molar-refractivity contribution in [3.05, 3.63) is 59.7 Å². The summed E-state index contributed by atoms with van der Waals surface area (Å²) in [4.78, 5) is 35.4. The Hall–Kier alpha value is -3.43. The third kappa shape index (κ3) is 5.55. The molecule has 2 aromatic carbocycles. The van der Waals surface area contributed by atoms with Crippen LogP contribution >= 0.6 is 0 Å². The van der Waals surface area contributed by atoms with Crippen LogP contribution in [0.5, 0.6) is 0 Å². The van der Waals surface area contributed by atoms with Gasteiger partial charge in [0.05, 0.1) is 25.7 Å². The quantitative estimate of drug-likeness (QED) is 0.457. The molecule has 0 aromatic heterocycles. The minimum Gasteiger partial charge on any atom is -0.481 e. The summed E-state index contributed by atoms with van der Waals surface area (Å²) >= 11 is 0. The molecule has 4 rings (SSSR count). The number of carboxylic acids is 1. The highest BCUT2D eigenvalue weighted by Gasteiger charge is 2.36. The Bertz CT molecular complexity index is 996. The van der Waals surface area contributed by atoms with Crippen molar-refractivity contribution in [3.8, 4) is 11.1 Å². The topological polar surface area (TPSA) is 123 Å². The Labute approximate surface area is 197 Å². The number of alkyl carbamates (subject to hydrolysis) is 1. The van der Waals surface area contributed by atoms with Crippen molar-refractivity contribution in [2.45, 2.75) is 30.9 Å². The molecule has 0 spiro atoms. The minimum absolute atomic E-state index is 0.0433. The Morgan fingerprint density at radius 2 is 1.68 bits per heavy atom. The molecular weight excluding hydrogens is 440 g/mol. The number of rotatable bonds is 10. The first-order valence-electron chi connectivity index (χ1n) is 11.3. The number of amides is 2. The van der Waals surface area contributed by atoms with E-state index in [0.29, 0.717) is 13.0 Å². The summed E-state index contributed by atoms with van der Waals surface area (Å²) in [5, 5.41) is 14.0. The smallest absolute Gasteiger partial charge is 0.407 e. The van der Waals surface area contributed by atoms with Crippen LogP contribution in [0.3, 0.4) is 0 Å². The number of benzene rings is 2. The van der Waals surface area contributed by atoms with Crippen molar-refractivity contribution in [3.63, 3.8) is 0 Å². The molecule has 9 heteroatoms. The van der Waals surface area contributed by atoms with Crippen molar-refractivity contribution in [2.75, 3.05) is 33.0 Å². The zero-order valence-electron chi connectivity index (χ0n) is 18.7. The fourth-order valence-corrected chi connectivity index (χ4v) is 4.40. The summed E-state index contributed by atoms with van der Waals surface area (Å²) in [5.74, 6) is -1.34. The lowest BCUT2D eigenvalue weighted by atomic mass is 9.98. The Morgan fingerprint density at radius 3 is 2.35 bits per heavy atom. The van der Waals surface area contributed by atoms with E-state index in [9.17, 15) is 14.4 Å². The van der Waals surface area contributed by atoms with Gasteiger partial charge in [-0.3, -0.25) is 9.59 Å². The highest BCUT2D eigenvalue weighted by Crippen LogP contribution is 2.44. The second kappa shape index (κ2) is 11.1. The van der Waals surface area contributed by atoms with Crippen LogP contribution < -0.4 is 10.6 Å². The molecule has 0 bridgehead atoms. The first kappa shape index (κ1) is 23.7. The zero-order chi connectivity index (χ0) is 23.9. The lowest BCUT2D eigenvalue weighted by Crippen LogP contribution is -2.49. The van der Waals surface area contributed by atoms with Crippen molar-refractivity contribution < 1.29 is 33.7 Å². The maximum absolute atomic E-state index is 12.5. The summed E-state index contributed by atoms with van der Waals surface area (Å²) in [5.41, 5.74) is 4.56. The van der Waals surface area contributed by atoms with Crippen molar-refractivity contribution in [1.29, 1.82) is 0 Å². The highest BCUT2D eigenvalue weighted by molar-refractivity contribution is 5.83. The van der Waals surface area contributed by atoms with Crippen LogP contribution in [0.1, 0.15) is 29.9 Å². The van der Waals surface area contributed by atoms with Crippen molar-refractivity contribution in [2.24, 2.45) is 0 Å². The van der Waals surface area contributed by atoms with Gasteiger partial charge in [0, 0.05) is 19.1 Å². The van der Waals surface area contributed by atoms with E-state index in [1.807, 2.05) is 24.3 Å². The molecule has 34 heavy (non-hydrogen) atoms. The molecule has 3 N–H and O–H groups in total. The van der Waals surface area contributed by atoms with Crippen LogP contribution in [0.25, 0.3) is 11.1 Å². The summed E-state index contributed by atoms with van der Waals surface area (Å²) in [7, 11) is 0. The maximum atomic E-state index is 12.5. The minimum atomic E-state index is -0.939. The Kier molecular flexibility index (Phi) is 7.76. The summed E-state index contributed by atoms with van der Waals surface area (Å²) in [6.07, 6.45) is -1.00. The molecule has 9 nitrogen and oxygen atoms in total. The van der Waals surface area contributed by atoms with E-state index >= 15 is 0 Å². The Balaban J connectivity index is 1.25.